The highest BCUT2D eigenvalue weighted by Gasteiger charge is 2.28. The van der Waals surface area contributed by atoms with E-state index in [1.54, 1.807) is 0 Å². The van der Waals surface area contributed by atoms with E-state index in [1.807, 2.05) is 29.2 Å². The molecule has 1 aliphatic heterocycles. The van der Waals surface area contributed by atoms with Crippen molar-refractivity contribution in [2.75, 3.05) is 6.61 Å². The monoisotopic (exact) mass is 373 g/mol. The molecule has 0 aliphatic carbocycles. The van der Waals surface area contributed by atoms with Crippen LogP contribution in [0.2, 0.25) is 0 Å². The van der Waals surface area contributed by atoms with Gasteiger partial charge in [-0.1, -0.05) is 0 Å². The van der Waals surface area contributed by atoms with Gasteiger partial charge in [-0.2, -0.15) is 0 Å². The minimum absolute atomic E-state index is 0.0956. The topological polar surface area (TPSA) is 29.5 Å². The lowest BCUT2D eigenvalue weighted by Crippen LogP contribution is -2.49. The fourth-order valence-corrected chi connectivity index (χ4v) is 3.02. The third kappa shape index (κ3) is 3.84. The van der Waals surface area contributed by atoms with E-state index in [9.17, 15) is 4.79 Å². The molecule has 1 heterocycles. The van der Waals surface area contributed by atoms with Crippen LogP contribution in [0.4, 0.5) is 0 Å². The Balaban J connectivity index is 1.91. The van der Waals surface area contributed by atoms with Gasteiger partial charge in [0.05, 0.1) is 0 Å². The molecule has 1 aromatic carbocycles. The van der Waals surface area contributed by atoms with Crippen molar-refractivity contribution in [1.29, 1.82) is 0 Å². The van der Waals surface area contributed by atoms with Crippen molar-refractivity contribution < 1.29 is 9.53 Å². The van der Waals surface area contributed by atoms with Crippen molar-refractivity contribution in [1.82, 2.24) is 4.90 Å². The van der Waals surface area contributed by atoms with E-state index in [0.29, 0.717) is 12.1 Å². The molecule has 1 amide bonds. The van der Waals surface area contributed by atoms with Gasteiger partial charge in [-0.05, 0) is 80.0 Å². The molecule has 0 spiro atoms. The quantitative estimate of drug-likeness (QED) is 0.760. The first kappa shape index (κ1) is 14.6. The van der Waals surface area contributed by atoms with Gasteiger partial charge in [0.2, 0.25) is 0 Å². The van der Waals surface area contributed by atoms with Crippen LogP contribution < -0.4 is 4.74 Å². The summed E-state index contributed by atoms with van der Waals surface area (Å²) in [4.78, 5) is 14.2. The van der Waals surface area contributed by atoms with E-state index in [1.165, 1.54) is 6.42 Å². The van der Waals surface area contributed by atoms with Gasteiger partial charge >= 0.3 is 0 Å². The van der Waals surface area contributed by atoms with Gasteiger partial charge in [0, 0.05) is 15.7 Å². The number of nitrogens with zero attached hydrogens (tertiary/aromatic N) is 1. The first-order valence-corrected chi connectivity index (χ1v) is 7.85. The number of hydrogen-bond acceptors (Lipinski definition) is 2. The lowest BCUT2D eigenvalue weighted by atomic mass is 9.97. The van der Waals surface area contributed by atoms with Crippen LogP contribution in [0.5, 0.6) is 5.75 Å². The lowest BCUT2D eigenvalue weighted by Gasteiger charge is -2.38. The van der Waals surface area contributed by atoms with Crippen LogP contribution in [-0.2, 0) is 4.79 Å². The zero-order chi connectivity index (χ0) is 13.8. The molecule has 1 aromatic rings. The van der Waals surface area contributed by atoms with E-state index < -0.39 is 0 Å². The van der Waals surface area contributed by atoms with Gasteiger partial charge in [-0.15, -0.1) is 0 Å². The number of hydrogen-bond donors (Lipinski definition) is 0. The molecule has 104 valence electrons. The SMILES string of the molecule is CC1CCCC(C)N1C(=O)COc1ccc(I)cc1. The van der Waals surface area contributed by atoms with Gasteiger partial charge in [0.25, 0.3) is 5.91 Å². The van der Waals surface area contributed by atoms with Crippen LogP contribution in [0, 0.1) is 3.57 Å². The summed E-state index contributed by atoms with van der Waals surface area (Å²) < 4.78 is 6.74. The molecule has 3 nitrogen and oxygen atoms in total. The summed E-state index contributed by atoms with van der Waals surface area (Å²) in [5.41, 5.74) is 0. The molecule has 4 heteroatoms. The molecule has 2 atom stereocenters. The van der Waals surface area contributed by atoms with E-state index in [0.717, 1.165) is 22.2 Å². The van der Waals surface area contributed by atoms with Crippen molar-refractivity contribution in [2.45, 2.75) is 45.2 Å². The number of rotatable bonds is 3. The normalized spacial score (nSPS) is 23.2. The maximum Gasteiger partial charge on any atom is 0.260 e. The Bertz CT molecular complexity index is 422. The van der Waals surface area contributed by atoms with Gasteiger partial charge in [0.15, 0.2) is 6.61 Å². The third-order valence-electron chi connectivity index (χ3n) is 3.66. The number of halogens is 1. The summed E-state index contributed by atoms with van der Waals surface area (Å²) in [6, 6.07) is 8.42. The predicted octanol–water partition coefficient (Wildman–Crippen LogP) is 3.46. The zero-order valence-electron chi connectivity index (χ0n) is 11.4. The van der Waals surface area contributed by atoms with Crippen molar-refractivity contribution in [3.63, 3.8) is 0 Å². The number of likely N-dealkylation sites (tertiary alicyclic amines) is 1. The average molecular weight is 373 g/mol. The van der Waals surface area contributed by atoms with Crippen LogP contribution in [-0.4, -0.2) is 29.5 Å². The number of benzene rings is 1. The summed E-state index contributed by atoms with van der Waals surface area (Å²) in [7, 11) is 0. The number of carbonyl (C=O) groups excluding carboxylic acids is 1. The summed E-state index contributed by atoms with van der Waals surface area (Å²) in [5, 5.41) is 0. The molecule has 1 aliphatic rings. The Hall–Kier alpha value is -0.780. The molecule has 1 fully saturated rings. The highest BCUT2D eigenvalue weighted by molar-refractivity contribution is 14.1. The molecule has 0 aromatic heterocycles. The molecule has 0 bridgehead atoms. The summed E-state index contributed by atoms with van der Waals surface area (Å²) in [6.07, 6.45) is 3.41. The first-order valence-electron chi connectivity index (χ1n) is 6.77. The van der Waals surface area contributed by atoms with Crippen molar-refractivity contribution in [2.24, 2.45) is 0 Å². The van der Waals surface area contributed by atoms with E-state index in [-0.39, 0.29) is 12.5 Å². The second-order valence-corrected chi connectivity index (χ2v) is 6.42. The molecule has 2 rings (SSSR count). The summed E-state index contributed by atoms with van der Waals surface area (Å²) in [5.74, 6) is 0.851. The summed E-state index contributed by atoms with van der Waals surface area (Å²) >= 11 is 2.25. The second kappa shape index (κ2) is 6.59. The fraction of sp³-hybridized carbons (Fsp3) is 0.533. The van der Waals surface area contributed by atoms with Crippen molar-refractivity contribution in [3.8, 4) is 5.75 Å². The molecule has 2 unspecified atom stereocenters. The van der Waals surface area contributed by atoms with Gasteiger partial charge in [0.1, 0.15) is 5.75 Å². The van der Waals surface area contributed by atoms with Crippen LogP contribution >= 0.6 is 22.6 Å². The number of amides is 1. The Labute approximate surface area is 128 Å². The second-order valence-electron chi connectivity index (χ2n) is 5.17. The Morgan fingerprint density at radius 3 is 2.42 bits per heavy atom. The highest BCUT2D eigenvalue weighted by Crippen LogP contribution is 2.22. The molecule has 1 saturated heterocycles. The smallest absolute Gasteiger partial charge is 0.260 e. The average Bonchev–Trinajstić information content (AvgIpc) is 2.38. The largest absolute Gasteiger partial charge is 0.484 e. The van der Waals surface area contributed by atoms with Crippen molar-refractivity contribution >= 4 is 28.5 Å². The Kier molecular flexibility index (Phi) is 5.07. The lowest BCUT2D eigenvalue weighted by molar-refractivity contribution is -0.139. The van der Waals surface area contributed by atoms with Crippen LogP contribution in [0.3, 0.4) is 0 Å². The minimum atomic E-state index is 0.0956. The fourth-order valence-electron chi connectivity index (χ4n) is 2.66. The van der Waals surface area contributed by atoms with Crippen LogP contribution in [0.1, 0.15) is 33.1 Å². The highest BCUT2D eigenvalue weighted by atomic mass is 127. The van der Waals surface area contributed by atoms with Gasteiger partial charge < -0.3 is 9.64 Å². The van der Waals surface area contributed by atoms with E-state index in [4.69, 9.17) is 4.74 Å². The minimum Gasteiger partial charge on any atom is -0.484 e. The summed E-state index contributed by atoms with van der Waals surface area (Å²) in [6.45, 7) is 4.38. The molecule has 0 radical (unpaired) electrons. The number of carbonyl (C=O) groups is 1. The first-order chi connectivity index (χ1) is 9.08. The Morgan fingerprint density at radius 2 is 1.84 bits per heavy atom. The van der Waals surface area contributed by atoms with Gasteiger partial charge in [-0.25, -0.2) is 0 Å². The molecule has 0 N–H and O–H groups in total. The molecular weight excluding hydrogens is 353 g/mol. The maximum absolute atomic E-state index is 12.3. The van der Waals surface area contributed by atoms with Crippen molar-refractivity contribution in [3.05, 3.63) is 27.8 Å². The van der Waals surface area contributed by atoms with Crippen LogP contribution in [0.15, 0.2) is 24.3 Å². The third-order valence-corrected chi connectivity index (χ3v) is 4.38. The number of piperidine rings is 1. The Morgan fingerprint density at radius 1 is 1.26 bits per heavy atom. The standard InChI is InChI=1S/C15H20INO2/c1-11-4-3-5-12(2)17(11)15(18)10-19-14-8-6-13(16)7-9-14/h6-9,11-12H,3-5,10H2,1-2H3. The predicted molar refractivity (Wildman–Crippen MR) is 84.3 cm³/mol. The zero-order valence-corrected chi connectivity index (χ0v) is 13.6. The van der Waals surface area contributed by atoms with E-state index in [2.05, 4.69) is 36.4 Å². The molecule has 0 saturated carbocycles. The number of ether oxygens (including phenoxy) is 1. The van der Waals surface area contributed by atoms with Gasteiger partial charge in [-0.3, -0.25) is 4.79 Å². The van der Waals surface area contributed by atoms with Crippen LogP contribution in [0.25, 0.3) is 0 Å². The molecule has 19 heavy (non-hydrogen) atoms. The molecular formula is C15H20INO2. The van der Waals surface area contributed by atoms with E-state index >= 15 is 0 Å². The maximum atomic E-state index is 12.3.